The number of hydrogen-bond donors (Lipinski definition) is 2. The van der Waals surface area contributed by atoms with Crippen LogP contribution in [-0.2, 0) is 13.2 Å². The Morgan fingerprint density at radius 1 is 1.00 bits per heavy atom. The van der Waals surface area contributed by atoms with Crippen molar-refractivity contribution in [3.63, 3.8) is 0 Å². The zero-order chi connectivity index (χ0) is 4.50. The van der Waals surface area contributed by atoms with Crippen molar-refractivity contribution in [1.82, 2.24) is 12.3 Å². The Kier molecular flexibility index (Phi) is 11.4. The molecule has 0 aliphatic rings. The van der Waals surface area contributed by atoms with Gasteiger partial charge in [-0.25, -0.2) is 0 Å². The van der Waals surface area contributed by atoms with Crippen molar-refractivity contribution in [1.29, 1.82) is 0 Å². The van der Waals surface area contributed by atoms with E-state index < -0.39 is 13.2 Å². The van der Waals surface area contributed by atoms with Gasteiger partial charge in [-0.3, -0.25) is 0 Å². The van der Waals surface area contributed by atoms with E-state index in [-0.39, 0.29) is 12.3 Å². The summed E-state index contributed by atoms with van der Waals surface area (Å²) in [7, 11) is 7.44. The van der Waals surface area contributed by atoms with E-state index in [9.17, 15) is 7.52 Å². The van der Waals surface area contributed by atoms with Crippen molar-refractivity contribution in [2.75, 3.05) is 0 Å². The zero-order valence-corrected chi connectivity index (χ0v) is 7.68. The molecule has 4 nitrogen and oxygen atoms in total. The molecule has 8 N–H and O–H groups in total. The molecule has 0 heterocycles. The molecule has 7 heavy (non-hydrogen) atoms. The molecule has 0 radical (unpaired) electrons. The van der Waals surface area contributed by atoms with Gasteiger partial charge in [-0.15, -0.1) is 0 Å². The second-order valence-electron chi connectivity index (χ2n) is 0.408. The molecule has 48 valence electrons. The van der Waals surface area contributed by atoms with Gasteiger partial charge in [0, 0.05) is 0 Å². The van der Waals surface area contributed by atoms with Gasteiger partial charge in [-0.2, -0.15) is 0 Å². The van der Waals surface area contributed by atoms with E-state index in [1.165, 1.54) is 0 Å². The van der Waals surface area contributed by atoms with Gasteiger partial charge < -0.3 is 12.3 Å². The van der Waals surface area contributed by atoms with E-state index in [0.29, 0.717) is 0 Å². The van der Waals surface area contributed by atoms with Gasteiger partial charge in [0.2, 0.25) is 0 Å². The molecular formula is H8MoN2O2S2. The van der Waals surface area contributed by atoms with Crippen LogP contribution in [0.15, 0.2) is 0 Å². The third-order valence-corrected chi connectivity index (χ3v) is 0. The quantitative estimate of drug-likeness (QED) is 0.551. The average Bonchev–Trinajstić information content (AvgIpc) is 0.722. The summed E-state index contributed by atoms with van der Waals surface area (Å²) in [5.74, 6) is 0. The van der Waals surface area contributed by atoms with Gasteiger partial charge >= 0.3 is 40.3 Å². The Labute approximate surface area is 52.7 Å². The number of hydrogen-bond acceptors (Lipinski definition) is 4. The maximum atomic E-state index is 9.37. The Balaban J connectivity index is -0.0000000800. The molecule has 0 aromatic heterocycles. The number of rotatable bonds is 0. The van der Waals surface area contributed by atoms with Crippen molar-refractivity contribution >= 4 is 19.6 Å². The summed E-state index contributed by atoms with van der Waals surface area (Å²) in [5.41, 5.74) is 0. The molecule has 0 unspecified atom stereocenters. The standard InChI is InChI=1S/Mo.2H3N.2O.2S/h;2*1H3;;;;/q;;;2*-1;;/p+2. The molecule has 7 heteroatoms. The summed E-state index contributed by atoms with van der Waals surface area (Å²) >= 11 is -4.35. The summed E-state index contributed by atoms with van der Waals surface area (Å²) in [6.07, 6.45) is 0. The Morgan fingerprint density at radius 2 is 1.00 bits per heavy atom. The van der Waals surface area contributed by atoms with E-state index >= 15 is 0 Å². The molecule has 0 aromatic rings. The molecule has 0 amide bonds. The summed E-state index contributed by atoms with van der Waals surface area (Å²) in [6, 6.07) is 0. The van der Waals surface area contributed by atoms with Gasteiger partial charge in [0.1, 0.15) is 0 Å². The van der Waals surface area contributed by atoms with Gasteiger partial charge in [-0.05, 0) is 0 Å². The number of quaternary nitrogens is 2. The van der Waals surface area contributed by atoms with Crippen LogP contribution in [0.5, 0.6) is 0 Å². The molecular weight excluding hydrogens is 220 g/mol. The van der Waals surface area contributed by atoms with Crippen molar-refractivity contribution in [3.05, 3.63) is 0 Å². The molecule has 0 fully saturated rings. The van der Waals surface area contributed by atoms with E-state index in [4.69, 9.17) is 0 Å². The summed E-state index contributed by atoms with van der Waals surface area (Å²) in [5, 5.41) is 0. The molecule has 0 spiro atoms. The van der Waals surface area contributed by atoms with Crippen LogP contribution in [0.2, 0.25) is 0 Å². The van der Waals surface area contributed by atoms with Crippen LogP contribution in [0.25, 0.3) is 0 Å². The second-order valence-corrected chi connectivity index (χ2v) is 8.86. The van der Waals surface area contributed by atoms with Crippen molar-refractivity contribution in [2.45, 2.75) is 0 Å². The molecule has 0 aliphatic carbocycles. The molecule has 0 saturated carbocycles. The first-order valence-corrected chi connectivity index (χ1v) is 7.89. The minimum atomic E-state index is -4.35. The molecule has 0 saturated heterocycles. The van der Waals surface area contributed by atoms with E-state index in [1.54, 1.807) is 0 Å². The fraction of sp³-hybridized carbons (Fsp3) is 0. The van der Waals surface area contributed by atoms with Gasteiger partial charge in [0.25, 0.3) is 0 Å². The Bertz CT molecular complexity index is 96.9. The normalized spacial score (nSPS) is 8.29. The predicted octanol–water partition coefficient (Wildman–Crippen LogP) is -0.332. The van der Waals surface area contributed by atoms with Gasteiger partial charge in [0.15, 0.2) is 0 Å². The minimum absolute atomic E-state index is 0. The first-order chi connectivity index (χ1) is 2.00. The second kappa shape index (κ2) is 5.11. The van der Waals surface area contributed by atoms with Crippen molar-refractivity contribution in [2.24, 2.45) is 0 Å². The van der Waals surface area contributed by atoms with E-state index in [2.05, 4.69) is 19.6 Å². The van der Waals surface area contributed by atoms with Crippen LogP contribution < -0.4 is 19.8 Å². The molecule has 0 atom stereocenters. The zero-order valence-electron chi connectivity index (χ0n) is 4.04. The first kappa shape index (κ1) is 15.7. The van der Waals surface area contributed by atoms with Crippen LogP contribution in [0, 0.1) is 0 Å². The van der Waals surface area contributed by atoms with Crippen molar-refractivity contribution < 1.29 is 20.7 Å². The average molecular weight is 228 g/mol. The summed E-state index contributed by atoms with van der Waals surface area (Å²) in [6.45, 7) is 0. The SMILES string of the molecule is [NH4+].[NH4+].[O-][Mo]([O-])(=[S])=[S]. The fourth-order valence-electron chi connectivity index (χ4n) is 0. The van der Waals surface area contributed by atoms with Crippen molar-refractivity contribution in [3.8, 4) is 0 Å². The van der Waals surface area contributed by atoms with E-state index in [0.717, 1.165) is 0 Å². The van der Waals surface area contributed by atoms with Crippen LogP contribution in [0.3, 0.4) is 0 Å². The van der Waals surface area contributed by atoms with Crippen LogP contribution >= 0.6 is 19.6 Å². The third kappa shape index (κ3) is 183. The van der Waals surface area contributed by atoms with Crippen LogP contribution in [0.1, 0.15) is 0 Å². The summed E-state index contributed by atoms with van der Waals surface area (Å²) < 4.78 is 18.7. The van der Waals surface area contributed by atoms with Crippen LogP contribution in [0.4, 0.5) is 0 Å². The van der Waals surface area contributed by atoms with Gasteiger partial charge in [0.05, 0.1) is 0 Å². The van der Waals surface area contributed by atoms with E-state index in [1.807, 2.05) is 0 Å². The van der Waals surface area contributed by atoms with Gasteiger partial charge in [-0.1, -0.05) is 0 Å². The fourth-order valence-corrected chi connectivity index (χ4v) is 0. The third-order valence-electron chi connectivity index (χ3n) is 0. The summed E-state index contributed by atoms with van der Waals surface area (Å²) in [4.78, 5) is 0. The molecule has 0 bridgehead atoms. The maximum absolute atomic E-state index is 9.37. The first-order valence-electron chi connectivity index (χ1n) is 0.667. The topological polar surface area (TPSA) is 119 Å². The molecule has 0 aromatic carbocycles. The molecule has 0 aliphatic heterocycles. The Morgan fingerprint density at radius 3 is 1.00 bits per heavy atom. The monoisotopic (exact) mass is 230 g/mol. The Hall–Kier alpha value is 0.968. The van der Waals surface area contributed by atoms with Crippen LogP contribution in [-0.4, -0.2) is 0 Å². The predicted molar refractivity (Wildman–Crippen MR) is 27.2 cm³/mol. The molecule has 0 rings (SSSR count).